The fourth-order valence-electron chi connectivity index (χ4n) is 2.84. The van der Waals surface area contributed by atoms with E-state index in [2.05, 4.69) is 10.6 Å². The van der Waals surface area contributed by atoms with Crippen molar-refractivity contribution in [1.29, 1.82) is 0 Å². The molecule has 2 N–H and O–H groups in total. The molecule has 0 heterocycles. The van der Waals surface area contributed by atoms with Gasteiger partial charge in [0.15, 0.2) is 0 Å². The van der Waals surface area contributed by atoms with Crippen molar-refractivity contribution in [3.63, 3.8) is 0 Å². The topological polar surface area (TPSA) is 70.7 Å². The molecule has 2 amide bonds. The molecule has 2 aromatic rings. The van der Waals surface area contributed by atoms with Crippen LogP contribution in [0, 0.1) is 13.8 Å². The maximum absolute atomic E-state index is 12.2. The van der Waals surface area contributed by atoms with E-state index in [9.17, 15) is 9.59 Å². The number of nitrogens with one attached hydrogen (secondary N) is 2. The molecule has 0 bridgehead atoms. The number of rotatable bonds is 8. The Kier molecular flexibility index (Phi) is 7.58. The van der Waals surface area contributed by atoms with Crippen LogP contribution in [0.25, 0.3) is 0 Å². The number of hydrogen-bond acceptors (Lipinski definition) is 4. The van der Waals surface area contributed by atoms with Crippen LogP contribution in [0.5, 0.6) is 5.75 Å². The third kappa shape index (κ3) is 5.82. The van der Waals surface area contributed by atoms with Crippen molar-refractivity contribution < 1.29 is 14.3 Å². The molecule has 28 heavy (non-hydrogen) atoms. The smallest absolute Gasteiger partial charge is 0.251 e. The van der Waals surface area contributed by atoms with Crippen LogP contribution in [0.15, 0.2) is 42.5 Å². The van der Waals surface area contributed by atoms with Crippen LogP contribution in [0.1, 0.15) is 33.1 Å². The van der Waals surface area contributed by atoms with E-state index in [1.807, 2.05) is 69.2 Å². The van der Waals surface area contributed by atoms with Crippen molar-refractivity contribution in [2.75, 3.05) is 34.3 Å². The summed E-state index contributed by atoms with van der Waals surface area (Å²) < 4.78 is 5.19. The first-order valence-electron chi connectivity index (χ1n) is 9.24. The Morgan fingerprint density at radius 2 is 1.68 bits per heavy atom. The minimum atomic E-state index is -0.252. The number of carbonyl (C=O) groups is 2. The van der Waals surface area contributed by atoms with Gasteiger partial charge in [-0.3, -0.25) is 9.59 Å². The van der Waals surface area contributed by atoms with E-state index < -0.39 is 0 Å². The molecule has 1 atom stereocenters. The number of hydrogen-bond donors (Lipinski definition) is 2. The number of benzene rings is 2. The van der Waals surface area contributed by atoms with Gasteiger partial charge < -0.3 is 20.3 Å². The molecule has 150 valence electrons. The summed E-state index contributed by atoms with van der Waals surface area (Å²) in [5.41, 5.74) is 3.80. The van der Waals surface area contributed by atoms with Gasteiger partial charge in [0, 0.05) is 12.1 Å². The molecule has 0 aromatic heterocycles. The summed E-state index contributed by atoms with van der Waals surface area (Å²) in [6.45, 7) is 4.33. The molecule has 0 fully saturated rings. The number of likely N-dealkylation sites (N-methyl/N-ethyl adjacent to an activating group) is 1. The molecule has 6 heteroatoms. The molecule has 0 aliphatic rings. The number of ether oxygens (including phenoxy) is 1. The van der Waals surface area contributed by atoms with Crippen LogP contribution in [0.2, 0.25) is 0 Å². The van der Waals surface area contributed by atoms with Crippen LogP contribution in [-0.4, -0.2) is 51.0 Å². The van der Waals surface area contributed by atoms with Gasteiger partial charge in [-0.15, -0.1) is 0 Å². The summed E-state index contributed by atoms with van der Waals surface area (Å²) in [7, 11) is 5.55. The SMILES string of the molecule is COc1ccc(C(CNC(=O)CNC(=O)c2ccc(C)c(C)c2)N(C)C)cc1. The van der Waals surface area contributed by atoms with Crippen molar-refractivity contribution in [2.45, 2.75) is 19.9 Å². The Morgan fingerprint density at radius 3 is 2.25 bits per heavy atom. The zero-order valence-corrected chi connectivity index (χ0v) is 17.2. The normalized spacial score (nSPS) is 11.8. The first-order chi connectivity index (χ1) is 13.3. The second kappa shape index (κ2) is 9.90. The summed E-state index contributed by atoms with van der Waals surface area (Å²) in [5, 5.41) is 5.56. The van der Waals surface area contributed by atoms with Gasteiger partial charge in [-0.2, -0.15) is 0 Å². The maximum atomic E-state index is 12.2. The first-order valence-corrected chi connectivity index (χ1v) is 9.24. The molecular weight excluding hydrogens is 354 g/mol. The molecule has 0 aliphatic carbocycles. The molecule has 2 rings (SSSR count). The van der Waals surface area contributed by atoms with Crippen molar-refractivity contribution in [2.24, 2.45) is 0 Å². The predicted molar refractivity (Wildman–Crippen MR) is 111 cm³/mol. The van der Waals surface area contributed by atoms with E-state index in [-0.39, 0.29) is 24.4 Å². The van der Waals surface area contributed by atoms with Gasteiger partial charge in [-0.05, 0) is 68.9 Å². The van der Waals surface area contributed by atoms with Crippen LogP contribution < -0.4 is 15.4 Å². The number of aryl methyl sites for hydroxylation is 2. The lowest BCUT2D eigenvalue weighted by Crippen LogP contribution is -2.40. The average molecular weight is 383 g/mol. The van der Waals surface area contributed by atoms with E-state index in [0.29, 0.717) is 12.1 Å². The first kappa shape index (κ1) is 21.4. The van der Waals surface area contributed by atoms with E-state index in [1.54, 1.807) is 13.2 Å². The zero-order chi connectivity index (χ0) is 20.7. The Morgan fingerprint density at radius 1 is 1.00 bits per heavy atom. The zero-order valence-electron chi connectivity index (χ0n) is 17.2. The Labute approximate surface area is 166 Å². The molecule has 0 saturated heterocycles. The van der Waals surface area contributed by atoms with Gasteiger partial charge in [-0.25, -0.2) is 0 Å². The van der Waals surface area contributed by atoms with E-state index >= 15 is 0 Å². The Bertz CT molecular complexity index is 816. The monoisotopic (exact) mass is 383 g/mol. The molecule has 0 aliphatic heterocycles. The van der Waals surface area contributed by atoms with Crippen molar-refractivity contribution in [3.05, 3.63) is 64.7 Å². The van der Waals surface area contributed by atoms with Gasteiger partial charge in [0.1, 0.15) is 5.75 Å². The third-order valence-electron chi connectivity index (χ3n) is 4.80. The highest BCUT2D eigenvalue weighted by molar-refractivity contribution is 5.96. The number of methoxy groups -OCH3 is 1. The minimum Gasteiger partial charge on any atom is -0.497 e. The second-order valence-electron chi connectivity index (χ2n) is 7.04. The van der Waals surface area contributed by atoms with E-state index in [1.165, 1.54) is 0 Å². The molecule has 2 aromatic carbocycles. The predicted octanol–water partition coefficient (Wildman–Crippen LogP) is 2.46. The van der Waals surface area contributed by atoms with Crippen LogP contribution in [-0.2, 0) is 4.79 Å². The fourth-order valence-corrected chi connectivity index (χ4v) is 2.84. The lowest BCUT2D eigenvalue weighted by atomic mass is 10.1. The lowest BCUT2D eigenvalue weighted by molar-refractivity contribution is -0.120. The fraction of sp³-hybridized carbons (Fsp3) is 0.364. The van der Waals surface area contributed by atoms with Gasteiger partial charge in [0.2, 0.25) is 5.91 Å². The van der Waals surface area contributed by atoms with E-state index in [0.717, 1.165) is 22.4 Å². The van der Waals surface area contributed by atoms with Crippen LogP contribution in [0.3, 0.4) is 0 Å². The number of amides is 2. The third-order valence-corrected chi connectivity index (χ3v) is 4.80. The number of nitrogens with zero attached hydrogens (tertiary/aromatic N) is 1. The van der Waals surface area contributed by atoms with Crippen molar-refractivity contribution in [3.8, 4) is 5.75 Å². The summed E-state index contributed by atoms with van der Waals surface area (Å²) in [5.74, 6) is 0.314. The molecule has 1 unspecified atom stereocenters. The largest absolute Gasteiger partial charge is 0.497 e. The van der Waals surface area contributed by atoms with Gasteiger partial charge in [0.25, 0.3) is 5.91 Å². The second-order valence-corrected chi connectivity index (χ2v) is 7.04. The standard InChI is InChI=1S/C22H29N3O3/c1-15-6-7-18(12-16(15)2)22(27)24-14-21(26)23-13-20(25(3)4)17-8-10-19(28-5)11-9-17/h6-12,20H,13-14H2,1-5H3,(H,23,26)(H,24,27). The summed E-state index contributed by atoms with van der Waals surface area (Å²) >= 11 is 0. The average Bonchev–Trinajstić information content (AvgIpc) is 2.68. The highest BCUT2D eigenvalue weighted by Gasteiger charge is 2.16. The maximum Gasteiger partial charge on any atom is 0.251 e. The van der Waals surface area contributed by atoms with E-state index in [4.69, 9.17) is 4.74 Å². The minimum absolute atomic E-state index is 0.0188. The van der Waals surface area contributed by atoms with Gasteiger partial charge in [-0.1, -0.05) is 18.2 Å². The number of carbonyl (C=O) groups excluding carboxylic acids is 2. The highest BCUT2D eigenvalue weighted by atomic mass is 16.5. The molecule has 6 nitrogen and oxygen atoms in total. The summed E-state index contributed by atoms with van der Waals surface area (Å²) in [6.07, 6.45) is 0. The quantitative estimate of drug-likeness (QED) is 0.735. The lowest BCUT2D eigenvalue weighted by Gasteiger charge is -2.25. The molecule has 0 saturated carbocycles. The van der Waals surface area contributed by atoms with Gasteiger partial charge in [0.05, 0.1) is 19.7 Å². The Hall–Kier alpha value is -2.86. The van der Waals surface area contributed by atoms with Crippen LogP contribution >= 0.6 is 0 Å². The van der Waals surface area contributed by atoms with Gasteiger partial charge >= 0.3 is 0 Å². The molecule has 0 radical (unpaired) electrons. The molecular formula is C22H29N3O3. The van der Waals surface area contributed by atoms with Crippen LogP contribution in [0.4, 0.5) is 0 Å². The van der Waals surface area contributed by atoms with Crippen molar-refractivity contribution in [1.82, 2.24) is 15.5 Å². The molecule has 0 spiro atoms. The summed E-state index contributed by atoms with van der Waals surface area (Å²) in [4.78, 5) is 26.5. The highest BCUT2D eigenvalue weighted by Crippen LogP contribution is 2.20. The Balaban J connectivity index is 1.88. The van der Waals surface area contributed by atoms with Crippen molar-refractivity contribution >= 4 is 11.8 Å². The summed E-state index contributed by atoms with van der Waals surface area (Å²) in [6, 6.07) is 13.3.